The topological polar surface area (TPSA) is 90.4 Å². The first-order chi connectivity index (χ1) is 14.9. The third kappa shape index (κ3) is 3.67. The number of nitrogens with one attached hydrogen (secondary N) is 3. The van der Waals surface area contributed by atoms with Crippen molar-refractivity contribution in [2.45, 2.75) is 32.7 Å². The second-order valence-corrected chi connectivity index (χ2v) is 8.80. The van der Waals surface area contributed by atoms with Gasteiger partial charge in [0.25, 0.3) is 0 Å². The number of aromatic nitrogens is 1. The third-order valence-corrected chi connectivity index (χ3v) is 5.73. The predicted octanol–water partition coefficient (Wildman–Crippen LogP) is 2.67. The summed E-state index contributed by atoms with van der Waals surface area (Å²) in [5, 5.41) is 6.60. The number of allylic oxidation sites excluding steroid dienone is 1. The Morgan fingerprint density at radius 2 is 2.03 bits per heavy atom. The van der Waals surface area contributed by atoms with E-state index < -0.39 is 0 Å². The number of hydrogen-bond acceptors (Lipinski definition) is 6. The van der Waals surface area contributed by atoms with Crippen molar-refractivity contribution in [3.05, 3.63) is 65.4 Å². The molecule has 2 aliphatic rings. The van der Waals surface area contributed by atoms with Gasteiger partial charge in [-0.2, -0.15) is 10.3 Å². The molecule has 1 aromatic heterocycles. The highest BCUT2D eigenvalue weighted by molar-refractivity contribution is 6.01. The Kier molecular flexibility index (Phi) is 4.54. The minimum absolute atomic E-state index is 0.109. The lowest BCUT2D eigenvalue weighted by molar-refractivity contribution is -0.502. The third-order valence-electron chi connectivity index (χ3n) is 5.73. The number of para-hydroxylation sites is 2. The fourth-order valence-electron chi connectivity index (χ4n) is 4.36. The summed E-state index contributed by atoms with van der Waals surface area (Å²) in [5.74, 6) is 1.53. The Morgan fingerprint density at radius 3 is 2.84 bits per heavy atom. The number of ketones is 1. The first-order valence-corrected chi connectivity index (χ1v) is 10.4. The zero-order valence-corrected chi connectivity index (χ0v) is 17.8. The van der Waals surface area contributed by atoms with Gasteiger partial charge in [-0.3, -0.25) is 9.79 Å². The average Bonchev–Trinajstić information content (AvgIpc) is 3.14. The van der Waals surface area contributed by atoms with Gasteiger partial charge in [0.15, 0.2) is 11.4 Å². The molecule has 3 N–H and O–H groups in total. The molecule has 7 heteroatoms. The van der Waals surface area contributed by atoms with Crippen LogP contribution in [0.25, 0.3) is 11.1 Å². The van der Waals surface area contributed by atoms with Gasteiger partial charge < -0.3 is 9.15 Å². The van der Waals surface area contributed by atoms with Gasteiger partial charge in [-0.25, -0.2) is 5.32 Å². The molecule has 31 heavy (non-hydrogen) atoms. The van der Waals surface area contributed by atoms with Gasteiger partial charge in [-0.05, 0) is 35.2 Å². The largest absolute Gasteiger partial charge is 0.497 e. The van der Waals surface area contributed by atoms with Crippen LogP contribution in [0.4, 0.5) is 6.01 Å². The molecular formula is C24H25N4O3+. The molecule has 2 aromatic carbocycles. The van der Waals surface area contributed by atoms with Gasteiger partial charge in [-0.1, -0.05) is 38.1 Å². The fourth-order valence-corrected chi connectivity index (χ4v) is 4.36. The van der Waals surface area contributed by atoms with E-state index >= 15 is 0 Å². The number of ether oxygens (including phenoxy) is 1. The molecule has 1 aliphatic heterocycles. The number of benzene rings is 2. The fraction of sp³-hybridized carbons (Fsp3) is 0.292. The van der Waals surface area contributed by atoms with Gasteiger partial charge in [0, 0.05) is 12.8 Å². The van der Waals surface area contributed by atoms with Crippen molar-refractivity contribution in [2.75, 3.05) is 12.4 Å². The number of nitrogens with zero attached hydrogens (tertiary/aromatic N) is 1. The van der Waals surface area contributed by atoms with Crippen LogP contribution in [0.2, 0.25) is 0 Å². The zero-order valence-electron chi connectivity index (χ0n) is 17.8. The highest BCUT2D eigenvalue weighted by atomic mass is 16.5. The lowest BCUT2D eigenvalue weighted by Crippen LogP contribution is -2.82. The molecule has 0 spiro atoms. The summed E-state index contributed by atoms with van der Waals surface area (Å²) in [5.41, 5.74) is 4.03. The van der Waals surface area contributed by atoms with Crippen molar-refractivity contribution in [1.29, 1.82) is 0 Å². The van der Waals surface area contributed by atoms with Crippen molar-refractivity contribution in [3.63, 3.8) is 0 Å². The number of guanidine groups is 1. The maximum atomic E-state index is 13.1. The number of oxazole rings is 1. The summed E-state index contributed by atoms with van der Waals surface area (Å²) in [6, 6.07) is 15.5. The van der Waals surface area contributed by atoms with Crippen LogP contribution in [0.5, 0.6) is 5.75 Å². The van der Waals surface area contributed by atoms with E-state index in [9.17, 15) is 4.79 Å². The van der Waals surface area contributed by atoms with Gasteiger partial charge in [-0.15, -0.1) is 0 Å². The number of anilines is 1. The molecule has 0 bridgehead atoms. The molecule has 0 saturated heterocycles. The summed E-state index contributed by atoms with van der Waals surface area (Å²) >= 11 is 0. The lowest BCUT2D eigenvalue weighted by Gasteiger charge is -2.34. The van der Waals surface area contributed by atoms with E-state index in [0.29, 0.717) is 24.0 Å². The summed E-state index contributed by atoms with van der Waals surface area (Å²) in [6.07, 6.45) is 1.29. The van der Waals surface area contributed by atoms with E-state index in [1.54, 1.807) is 7.11 Å². The zero-order chi connectivity index (χ0) is 21.6. The van der Waals surface area contributed by atoms with Gasteiger partial charge >= 0.3 is 12.0 Å². The second kappa shape index (κ2) is 7.27. The van der Waals surface area contributed by atoms with Crippen LogP contribution in [-0.2, 0) is 4.79 Å². The lowest BCUT2D eigenvalue weighted by atomic mass is 9.73. The van der Waals surface area contributed by atoms with Crippen LogP contribution in [-0.4, -0.2) is 23.8 Å². The predicted molar refractivity (Wildman–Crippen MR) is 118 cm³/mol. The Labute approximate surface area is 180 Å². The van der Waals surface area contributed by atoms with Crippen LogP contribution < -0.4 is 20.4 Å². The number of hydrogen-bond donors (Lipinski definition) is 3. The number of fused-ring (bicyclic) bond motifs is 1. The smallest absolute Gasteiger partial charge is 0.365 e. The molecule has 3 aromatic rings. The van der Waals surface area contributed by atoms with E-state index in [1.165, 1.54) is 0 Å². The molecule has 2 heterocycles. The average molecular weight is 417 g/mol. The van der Waals surface area contributed by atoms with Gasteiger partial charge in [0.05, 0.1) is 18.4 Å². The van der Waals surface area contributed by atoms with Crippen molar-refractivity contribution in [3.8, 4) is 5.75 Å². The second-order valence-electron chi connectivity index (χ2n) is 8.80. The van der Waals surface area contributed by atoms with Crippen LogP contribution in [0.1, 0.15) is 38.3 Å². The maximum Gasteiger partial charge on any atom is 0.365 e. The first kappa shape index (κ1) is 19.4. The highest BCUT2D eigenvalue weighted by Crippen LogP contribution is 2.39. The van der Waals surface area contributed by atoms with Crippen molar-refractivity contribution >= 4 is 28.9 Å². The molecule has 158 valence electrons. The highest BCUT2D eigenvalue weighted by Gasteiger charge is 2.42. The Balaban J connectivity index is 1.55. The molecule has 0 unspecified atom stereocenters. The molecule has 7 nitrogen and oxygen atoms in total. The van der Waals surface area contributed by atoms with E-state index in [4.69, 9.17) is 9.15 Å². The SMILES string of the molecule is COc1cccc([C@H]2[NH+]=C(Nc3nc4ccccc4o3)NC3=C2C(=O)CC(C)(C)C3)c1. The molecule has 1 atom stereocenters. The molecule has 0 amide bonds. The minimum Gasteiger partial charge on any atom is -0.497 e. The first-order valence-electron chi connectivity index (χ1n) is 10.4. The Morgan fingerprint density at radius 1 is 1.19 bits per heavy atom. The van der Waals surface area contributed by atoms with Crippen molar-refractivity contribution < 1.29 is 18.9 Å². The van der Waals surface area contributed by atoms with Gasteiger partial charge in [0.1, 0.15) is 17.3 Å². The van der Waals surface area contributed by atoms with Crippen molar-refractivity contribution in [1.82, 2.24) is 10.3 Å². The molecular weight excluding hydrogens is 392 g/mol. The minimum atomic E-state index is -0.304. The van der Waals surface area contributed by atoms with E-state index in [0.717, 1.165) is 34.5 Å². The number of rotatable bonds is 3. The molecule has 1 aliphatic carbocycles. The number of methoxy groups -OCH3 is 1. The van der Waals surface area contributed by atoms with E-state index in [2.05, 4.69) is 34.5 Å². The summed E-state index contributed by atoms with van der Waals surface area (Å²) in [6.45, 7) is 4.24. The van der Waals surface area contributed by atoms with Crippen LogP contribution >= 0.6 is 0 Å². The molecule has 5 rings (SSSR count). The molecule has 0 saturated carbocycles. The molecule has 0 fully saturated rings. The number of carbonyl (C=O) groups is 1. The maximum absolute atomic E-state index is 13.1. The summed E-state index contributed by atoms with van der Waals surface area (Å²) in [7, 11) is 1.64. The Bertz CT molecular complexity index is 1210. The molecule has 0 radical (unpaired) electrons. The van der Waals surface area contributed by atoms with E-state index in [-0.39, 0.29) is 17.2 Å². The van der Waals surface area contributed by atoms with Crippen molar-refractivity contribution in [2.24, 2.45) is 5.41 Å². The quantitative estimate of drug-likeness (QED) is 0.607. The van der Waals surface area contributed by atoms with E-state index in [1.807, 2.05) is 48.5 Å². The summed E-state index contributed by atoms with van der Waals surface area (Å²) < 4.78 is 11.2. The number of carbonyl (C=O) groups excluding carboxylic acids is 1. The normalized spacial score (nSPS) is 20.2. The van der Waals surface area contributed by atoms with Crippen LogP contribution in [0, 0.1) is 5.41 Å². The monoisotopic (exact) mass is 417 g/mol. The Hall–Kier alpha value is -3.61. The van der Waals surface area contributed by atoms with Crippen LogP contribution in [0.3, 0.4) is 0 Å². The van der Waals surface area contributed by atoms with Crippen LogP contribution in [0.15, 0.2) is 64.2 Å². The number of Topliss-reactive ketones (excluding diaryl/α,β-unsaturated/α-hetero) is 1. The standard InChI is InChI=1S/C24H24N4O3/c1-24(2)12-17-20(18(29)13-24)21(14-7-6-8-15(11-14)30-3)27-22(25-17)28-23-26-16-9-4-5-10-19(16)31-23/h4-11,21H,12-13H2,1-3H3,(H2,25,26,27,28)/p+1/t21-/m1/s1. The summed E-state index contributed by atoms with van der Waals surface area (Å²) in [4.78, 5) is 21.1. The van der Waals surface area contributed by atoms with Gasteiger partial charge in [0.2, 0.25) is 0 Å².